The summed E-state index contributed by atoms with van der Waals surface area (Å²) in [5.74, 6) is 0. The Morgan fingerprint density at radius 1 is 1.25 bits per heavy atom. The van der Waals surface area contributed by atoms with Gasteiger partial charge in [-0.1, -0.05) is 24.3 Å². The highest BCUT2D eigenvalue weighted by atomic mass is 15.1. The molecule has 0 fully saturated rings. The minimum absolute atomic E-state index is 0.558. The molecular weight excluding hydrogens is 246 g/mol. The van der Waals surface area contributed by atoms with Crippen molar-refractivity contribution < 1.29 is 0 Å². The van der Waals surface area contributed by atoms with E-state index in [0.29, 0.717) is 6.04 Å². The van der Waals surface area contributed by atoms with Gasteiger partial charge in [-0.15, -0.1) is 0 Å². The van der Waals surface area contributed by atoms with Crippen molar-refractivity contribution >= 4 is 5.69 Å². The highest BCUT2D eigenvalue weighted by Crippen LogP contribution is 2.23. The van der Waals surface area contributed by atoms with Crippen molar-refractivity contribution in [2.24, 2.45) is 0 Å². The monoisotopic (exact) mass is 267 g/mol. The Hall–Kier alpha value is -1.87. The van der Waals surface area contributed by atoms with Crippen LogP contribution in [0.15, 0.2) is 48.8 Å². The summed E-state index contributed by atoms with van der Waals surface area (Å²) in [6.07, 6.45) is 6.12. The van der Waals surface area contributed by atoms with Gasteiger partial charge in [-0.05, 0) is 43.1 Å². The number of hydrogen-bond donors (Lipinski definition) is 1. The lowest BCUT2D eigenvalue weighted by atomic mass is 10.1. The molecule has 20 heavy (non-hydrogen) atoms. The first-order valence-corrected chi connectivity index (χ1v) is 7.24. The van der Waals surface area contributed by atoms with Crippen LogP contribution in [0.2, 0.25) is 0 Å². The summed E-state index contributed by atoms with van der Waals surface area (Å²) in [7, 11) is 2.20. The first-order valence-electron chi connectivity index (χ1n) is 7.24. The molecule has 3 rings (SSSR count). The minimum atomic E-state index is 0.558. The molecule has 1 atom stereocenters. The van der Waals surface area contributed by atoms with E-state index in [1.165, 1.54) is 23.2 Å². The standard InChI is InChI=1S/C17H21N3/c1-20(13-14-5-4-10-18-11-14)16-9-8-15-6-2-3-7-17(15)19-12-16/h2-7,10-11,16,19H,8-9,12-13H2,1H3. The van der Waals surface area contributed by atoms with Crippen LogP contribution in [0.1, 0.15) is 17.5 Å². The van der Waals surface area contributed by atoms with Crippen LogP contribution < -0.4 is 5.32 Å². The molecule has 1 aromatic carbocycles. The van der Waals surface area contributed by atoms with Crippen LogP contribution >= 0.6 is 0 Å². The number of nitrogens with zero attached hydrogens (tertiary/aromatic N) is 2. The van der Waals surface area contributed by atoms with E-state index in [9.17, 15) is 0 Å². The largest absolute Gasteiger partial charge is 0.383 e. The van der Waals surface area contributed by atoms with Crippen molar-refractivity contribution in [1.82, 2.24) is 9.88 Å². The van der Waals surface area contributed by atoms with Gasteiger partial charge in [0.1, 0.15) is 0 Å². The predicted octanol–water partition coefficient (Wildman–Crippen LogP) is 2.94. The Labute approximate surface area is 120 Å². The zero-order chi connectivity index (χ0) is 13.8. The molecule has 0 saturated carbocycles. The van der Waals surface area contributed by atoms with Crippen LogP contribution in [0.3, 0.4) is 0 Å². The van der Waals surface area contributed by atoms with Gasteiger partial charge in [0.05, 0.1) is 0 Å². The Morgan fingerprint density at radius 2 is 2.15 bits per heavy atom. The number of anilines is 1. The summed E-state index contributed by atoms with van der Waals surface area (Å²) < 4.78 is 0. The summed E-state index contributed by atoms with van der Waals surface area (Å²) in [5.41, 5.74) is 4.01. The number of para-hydroxylation sites is 1. The zero-order valence-corrected chi connectivity index (χ0v) is 11.9. The maximum atomic E-state index is 4.19. The highest BCUT2D eigenvalue weighted by molar-refractivity contribution is 5.52. The van der Waals surface area contributed by atoms with E-state index in [1.54, 1.807) is 0 Å². The number of aromatic nitrogens is 1. The average Bonchev–Trinajstić information content (AvgIpc) is 2.71. The van der Waals surface area contributed by atoms with Crippen LogP contribution in [-0.2, 0) is 13.0 Å². The summed E-state index contributed by atoms with van der Waals surface area (Å²) >= 11 is 0. The summed E-state index contributed by atoms with van der Waals surface area (Å²) in [6.45, 7) is 1.96. The smallest absolute Gasteiger partial charge is 0.0373 e. The van der Waals surface area contributed by atoms with E-state index in [2.05, 4.69) is 52.6 Å². The number of fused-ring (bicyclic) bond motifs is 1. The SMILES string of the molecule is CN(Cc1cccnc1)C1CCc2ccccc2NC1. The molecule has 1 aliphatic rings. The second kappa shape index (κ2) is 6.06. The predicted molar refractivity (Wildman–Crippen MR) is 82.7 cm³/mol. The number of rotatable bonds is 3. The number of pyridine rings is 1. The molecule has 104 valence electrons. The average molecular weight is 267 g/mol. The molecule has 0 bridgehead atoms. The molecule has 1 aromatic heterocycles. The van der Waals surface area contributed by atoms with Gasteiger partial charge in [0.2, 0.25) is 0 Å². The normalized spacial score (nSPS) is 18.2. The molecule has 3 nitrogen and oxygen atoms in total. The quantitative estimate of drug-likeness (QED) is 0.926. The number of benzene rings is 1. The van der Waals surface area contributed by atoms with Crippen molar-refractivity contribution in [3.05, 3.63) is 59.9 Å². The first kappa shape index (κ1) is 13.1. The molecule has 3 heteroatoms. The van der Waals surface area contributed by atoms with Crippen molar-refractivity contribution in [2.45, 2.75) is 25.4 Å². The molecule has 0 spiro atoms. The Balaban J connectivity index is 1.64. The van der Waals surface area contributed by atoms with Gasteiger partial charge >= 0.3 is 0 Å². The Morgan fingerprint density at radius 3 is 3.00 bits per heavy atom. The van der Waals surface area contributed by atoms with E-state index in [-0.39, 0.29) is 0 Å². The highest BCUT2D eigenvalue weighted by Gasteiger charge is 2.19. The van der Waals surface area contributed by atoms with Crippen molar-refractivity contribution in [1.29, 1.82) is 0 Å². The van der Waals surface area contributed by atoms with E-state index in [0.717, 1.165) is 19.5 Å². The summed E-state index contributed by atoms with van der Waals surface area (Å²) in [5, 5.41) is 3.58. The number of nitrogens with one attached hydrogen (secondary N) is 1. The molecule has 0 saturated heterocycles. The lowest BCUT2D eigenvalue weighted by Gasteiger charge is -2.27. The van der Waals surface area contributed by atoms with Gasteiger partial charge in [0, 0.05) is 37.2 Å². The van der Waals surface area contributed by atoms with E-state index in [4.69, 9.17) is 0 Å². The van der Waals surface area contributed by atoms with Crippen molar-refractivity contribution in [3.8, 4) is 0 Å². The van der Waals surface area contributed by atoms with Crippen LogP contribution in [0.5, 0.6) is 0 Å². The van der Waals surface area contributed by atoms with Gasteiger partial charge in [-0.2, -0.15) is 0 Å². The molecule has 0 aliphatic carbocycles. The van der Waals surface area contributed by atoms with Gasteiger partial charge in [0.15, 0.2) is 0 Å². The van der Waals surface area contributed by atoms with Gasteiger partial charge in [0.25, 0.3) is 0 Å². The van der Waals surface area contributed by atoms with Crippen molar-refractivity contribution in [3.63, 3.8) is 0 Å². The first-order chi connectivity index (χ1) is 9.83. The molecule has 1 aliphatic heterocycles. The molecular formula is C17H21N3. The summed E-state index contributed by atoms with van der Waals surface area (Å²) in [4.78, 5) is 6.62. The van der Waals surface area contributed by atoms with Crippen LogP contribution in [-0.4, -0.2) is 29.5 Å². The maximum Gasteiger partial charge on any atom is 0.0373 e. The van der Waals surface area contributed by atoms with E-state index >= 15 is 0 Å². The molecule has 2 heterocycles. The fourth-order valence-electron chi connectivity index (χ4n) is 2.85. The third-order valence-electron chi connectivity index (χ3n) is 4.07. The zero-order valence-electron chi connectivity index (χ0n) is 11.9. The second-order valence-corrected chi connectivity index (χ2v) is 5.51. The molecule has 1 N–H and O–H groups in total. The van der Waals surface area contributed by atoms with Crippen LogP contribution in [0.25, 0.3) is 0 Å². The van der Waals surface area contributed by atoms with E-state index < -0.39 is 0 Å². The van der Waals surface area contributed by atoms with Crippen LogP contribution in [0.4, 0.5) is 5.69 Å². The van der Waals surface area contributed by atoms with Crippen LogP contribution in [0, 0.1) is 0 Å². The number of aryl methyl sites for hydroxylation is 1. The molecule has 1 unspecified atom stereocenters. The summed E-state index contributed by atoms with van der Waals surface area (Å²) in [6, 6.07) is 13.3. The maximum absolute atomic E-state index is 4.19. The lowest BCUT2D eigenvalue weighted by molar-refractivity contribution is 0.233. The Kier molecular flexibility index (Phi) is 3.97. The molecule has 0 amide bonds. The fraction of sp³-hybridized carbons (Fsp3) is 0.353. The number of hydrogen-bond acceptors (Lipinski definition) is 3. The van der Waals surface area contributed by atoms with Gasteiger partial charge < -0.3 is 5.32 Å². The minimum Gasteiger partial charge on any atom is -0.383 e. The fourth-order valence-corrected chi connectivity index (χ4v) is 2.85. The topological polar surface area (TPSA) is 28.2 Å². The Bertz CT molecular complexity index is 526. The molecule has 0 radical (unpaired) electrons. The second-order valence-electron chi connectivity index (χ2n) is 5.51. The lowest BCUT2D eigenvalue weighted by Crippen LogP contribution is -2.36. The van der Waals surface area contributed by atoms with Gasteiger partial charge in [-0.3, -0.25) is 9.88 Å². The van der Waals surface area contributed by atoms with Gasteiger partial charge in [-0.25, -0.2) is 0 Å². The number of likely N-dealkylation sites (N-methyl/N-ethyl adjacent to an activating group) is 1. The third-order valence-corrected chi connectivity index (χ3v) is 4.07. The molecule has 2 aromatic rings. The third kappa shape index (κ3) is 2.99. The van der Waals surface area contributed by atoms with E-state index in [1.807, 2.05) is 18.5 Å². The van der Waals surface area contributed by atoms with Crippen molar-refractivity contribution in [2.75, 3.05) is 18.9 Å².